The molecule has 2 saturated heterocycles. The van der Waals surface area contributed by atoms with E-state index in [1.54, 1.807) is 17.2 Å². The summed E-state index contributed by atoms with van der Waals surface area (Å²) in [6.45, 7) is 2.27. The fraction of sp³-hybridized carbons (Fsp3) is 0.421. The van der Waals surface area contributed by atoms with Gasteiger partial charge in [0.2, 0.25) is 0 Å². The molecule has 2 aliphatic rings. The lowest BCUT2D eigenvalue weighted by Crippen LogP contribution is -2.42. The van der Waals surface area contributed by atoms with Crippen molar-refractivity contribution in [3.05, 3.63) is 42.1 Å². The Hall–Kier alpha value is -2.47. The van der Waals surface area contributed by atoms with Gasteiger partial charge < -0.3 is 15.3 Å². The number of hydrogen-bond donors (Lipinski definition) is 2. The molecule has 25 heavy (non-hydrogen) atoms. The monoisotopic (exact) mass is 339 g/mol. The van der Waals surface area contributed by atoms with Crippen LogP contribution in [0.25, 0.3) is 10.9 Å². The van der Waals surface area contributed by atoms with Crippen LogP contribution in [-0.2, 0) is 4.79 Å². The molecule has 2 aromatic rings. The van der Waals surface area contributed by atoms with Crippen LogP contribution in [0.5, 0.6) is 0 Å². The Bertz CT molecular complexity index is 830. The van der Waals surface area contributed by atoms with Crippen LogP contribution in [0.4, 0.5) is 0 Å². The number of para-hydroxylation sites is 1. The molecular formula is C19H21N3O3. The molecule has 2 N–H and O–H groups in total. The number of aromatic nitrogens is 1. The largest absolute Gasteiger partial charge is 0.480 e. The van der Waals surface area contributed by atoms with Crippen LogP contribution in [0.15, 0.2) is 36.5 Å². The third kappa shape index (κ3) is 2.87. The molecule has 3 heterocycles. The van der Waals surface area contributed by atoms with Crippen molar-refractivity contribution >= 4 is 22.8 Å². The summed E-state index contributed by atoms with van der Waals surface area (Å²) in [5, 5.41) is 13.8. The van der Waals surface area contributed by atoms with Gasteiger partial charge in [0.1, 0.15) is 6.04 Å². The Morgan fingerprint density at radius 3 is 2.76 bits per heavy atom. The average Bonchev–Trinajstić information content (AvgIpc) is 3.00. The second kappa shape index (κ2) is 6.11. The summed E-state index contributed by atoms with van der Waals surface area (Å²) < 4.78 is 0. The SMILES string of the molecule is O=C(O)[C@H]1CC2(CCNCC2)CN1C(=O)c1cnc2ccccc2c1. The third-order valence-electron chi connectivity index (χ3n) is 5.56. The number of aliphatic carboxylic acids is 1. The number of rotatable bonds is 2. The van der Waals surface area contributed by atoms with Gasteiger partial charge in [0.15, 0.2) is 0 Å². The van der Waals surface area contributed by atoms with Crippen molar-refractivity contribution in [1.82, 2.24) is 15.2 Å². The zero-order valence-corrected chi connectivity index (χ0v) is 13.9. The molecule has 0 unspecified atom stereocenters. The van der Waals surface area contributed by atoms with Crippen LogP contribution >= 0.6 is 0 Å². The maximum absolute atomic E-state index is 13.0. The number of carbonyl (C=O) groups is 2. The molecule has 0 aliphatic carbocycles. The number of carboxylic acids is 1. The molecular weight excluding hydrogens is 318 g/mol. The van der Waals surface area contributed by atoms with E-state index in [0.717, 1.165) is 36.8 Å². The summed E-state index contributed by atoms with van der Waals surface area (Å²) in [5.74, 6) is -1.15. The number of hydrogen-bond acceptors (Lipinski definition) is 4. The first-order chi connectivity index (χ1) is 12.1. The Kier molecular flexibility index (Phi) is 3.92. The lowest BCUT2D eigenvalue weighted by atomic mass is 9.77. The number of amides is 1. The Labute approximate surface area is 145 Å². The van der Waals surface area contributed by atoms with Gasteiger partial charge in [-0.05, 0) is 49.9 Å². The molecule has 0 saturated carbocycles. The van der Waals surface area contributed by atoms with Gasteiger partial charge in [0.25, 0.3) is 5.91 Å². The molecule has 1 amide bonds. The van der Waals surface area contributed by atoms with E-state index < -0.39 is 12.0 Å². The molecule has 130 valence electrons. The van der Waals surface area contributed by atoms with Crippen LogP contribution in [0.1, 0.15) is 29.6 Å². The Morgan fingerprint density at radius 2 is 2.00 bits per heavy atom. The normalized spacial score (nSPS) is 22.4. The van der Waals surface area contributed by atoms with E-state index in [0.29, 0.717) is 18.5 Å². The molecule has 2 fully saturated rings. The van der Waals surface area contributed by atoms with Crippen molar-refractivity contribution in [1.29, 1.82) is 0 Å². The molecule has 0 radical (unpaired) electrons. The molecule has 6 heteroatoms. The van der Waals surface area contributed by atoms with E-state index in [1.165, 1.54) is 0 Å². The van der Waals surface area contributed by atoms with E-state index in [2.05, 4.69) is 10.3 Å². The predicted octanol–water partition coefficient (Wildman–Crippen LogP) is 1.90. The first-order valence-corrected chi connectivity index (χ1v) is 8.67. The van der Waals surface area contributed by atoms with Crippen molar-refractivity contribution in [2.45, 2.75) is 25.3 Å². The quantitative estimate of drug-likeness (QED) is 0.873. The van der Waals surface area contributed by atoms with Crippen molar-refractivity contribution < 1.29 is 14.7 Å². The number of benzene rings is 1. The summed E-state index contributed by atoms with van der Waals surface area (Å²) in [7, 11) is 0. The van der Waals surface area contributed by atoms with Crippen LogP contribution in [0.2, 0.25) is 0 Å². The van der Waals surface area contributed by atoms with Gasteiger partial charge in [-0.25, -0.2) is 4.79 Å². The lowest BCUT2D eigenvalue weighted by molar-refractivity contribution is -0.141. The molecule has 0 bridgehead atoms. The molecule has 2 aliphatic heterocycles. The summed E-state index contributed by atoms with van der Waals surface area (Å²) >= 11 is 0. The highest BCUT2D eigenvalue weighted by molar-refractivity contribution is 5.99. The fourth-order valence-electron chi connectivity index (χ4n) is 4.16. The third-order valence-corrected chi connectivity index (χ3v) is 5.56. The van der Waals surface area contributed by atoms with Crippen LogP contribution in [0.3, 0.4) is 0 Å². The number of pyridine rings is 1. The average molecular weight is 339 g/mol. The smallest absolute Gasteiger partial charge is 0.326 e. The van der Waals surface area contributed by atoms with Gasteiger partial charge in [0, 0.05) is 18.1 Å². The standard InChI is InChI=1S/C19H21N3O3/c23-17(14-9-13-3-1-2-4-15(13)21-11-14)22-12-19(5-7-20-8-6-19)10-16(22)18(24)25/h1-4,9,11,16,20H,5-8,10,12H2,(H,24,25)/t16-/m1/s1. The number of carboxylic acid groups (broad SMARTS) is 1. The van der Waals surface area contributed by atoms with E-state index in [9.17, 15) is 14.7 Å². The second-order valence-electron chi connectivity index (χ2n) is 7.16. The van der Waals surface area contributed by atoms with Crippen molar-refractivity contribution in [3.8, 4) is 0 Å². The van der Waals surface area contributed by atoms with Gasteiger partial charge in [-0.15, -0.1) is 0 Å². The zero-order valence-electron chi connectivity index (χ0n) is 13.9. The van der Waals surface area contributed by atoms with Crippen molar-refractivity contribution in [2.24, 2.45) is 5.41 Å². The maximum atomic E-state index is 13.0. The highest BCUT2D eigenvalue weighted by atomic mass is 16.4. The number of carbonyl (C=O) groups excluding carboxylic acids is 1. The maximum Gasteiger partial charge on any atom is 0.326 e. The predicted molar refractivity (Wildman–Crippen MR) is 93.4 cm³/mol. The van der Waals surface area contributed by atoms with Gasteiger partial charge in [-0.2, -0.15) is 0 Å². The van der Waals surface area contributed by atoms with Crippen LogP contribution < -0.4 is 5.32 Å². The minimum atomic E-state index is -0.919. The summed E-state index contributed by atoms with van der Waals surface area (Å²) in [5.41, 5.74) is 1.20. The molecule has 6 nitrogen and oxygen atoms in total. The van der Waals surface area contributed by atoms with Gasteiger partial charge in [0.05, 0.1) is 11.1 Å². The molecule has 1 aromatic heterocycles. The number of piperidine rings is 1. The summed E-state index contributed by atoms with van der Waals surface area (Å²) in [6.07, 6.45) is 3.92. The Balaban J connectivity index is 1.65. The second-order valence-corrected chi connectivity index (χ2v) is 7.16. The minimum absolute atomic E-state index is 0.0752. The first-order valence-electron chi connectivity index (χ1n) is 8.67. The van der Waals surface area contributed by atoms with Gasteiger partial charge in [-0.3, -0.25) is 9.78 Å². The molecule has 1 atom stereocenters. The summed E-state index contributed by atoms with van der Waals surface area (Å²) in [4.78, 5) is 30.7. The number of fused-ring (bicyclic) bond motifs is 1. The summed E-state index contributed by atoms with van der Waals surface area (Å²) in [6, 6.07) is 8.65. The van der Waals surface area contributed by atoms with Crippen LogP contribution in [-0.4, -0.2) is 52.5 Å². The Morgan fingerprint density at radius 1 is 1.24 bits per heavy atom. The van der Waals surface area contributed by atoms with E-state index in [1.807, 2.05) is 24.3 Å². The zero-order chi connectivity index (χ0) is 17.4. The van der Waals surface area contributed by atoms with E-state index in [4.69, 9.17) is 0 Å². The number of nitrogens with zero attached hydrogens (tertiary/aromatic N) is 2. The van der Waals surface area contributed by atoms with Gasteiger partial charge >= 0.3 is 5.97 Å². The van der Waals surface area contributed by atoms with Crippen LogP contribution in [0, 0.1) is 5.41 Å². The fourth-order valence-corrected chi connectivity index (χ4v) is 4.16. The van der Waals surface area contributed by atoms with Crippen molar-refractivity contribution in [2.75, 3.05) is 19.6 Å². The highest BCUT2D eigenvalue weighted by Gasteiger charge is 2.49. The van der Waals surface area contributed by atoms with E-state index in [-0.39, 0.29) is 11.3 Å². The number of nitrogens with one attached hydrogen (secondary N) is 1. The van der Waals surface area contributed by atoms with Crippen molar-refractivity contribution in [3.63, 3.8) is 0 Å². The first kappa shape index (κ1) is 16.0. The highest BCUT2D eigenvalue weighted by Crippen LogP contribution is 2.42. The molecule has 4 rings (SSSR count). The molecule has 1 aromatic carbocycles. The minimum Gasteiger partial charge on any atom is -0.480 e. The molecule has 1 spiro atoms. The van der Waals surface area contributed by atoms with Gasteiger partial charge in [-0.1, -0.05) is 18.2 Å². The topological polar surface area (TPSA) is 82.5 Å². The lowest BCUT2D eigenvalue weighted by Gasteiger charge is -2.33. The number of likely N-dealkylation sites (tertiary alicyclic amines) is 1. The van der Waals surface area contributed by atoms with E-state index >= 15 is 0 Å².